The van der Waals surface area contributed by atoms with E-state index in [0.717, 1.165) is 30.3 Å². The fourth-order valence-electron chi connectivity index (χ4n) is 3.07. The van der Waals surface area contributed by atoms with Gasteiger partial charge in [0.05, 0.1) is 0 Å². The van der Waals surface area contributed by atoms with Crippen LogP contribution in [0, 0.1) is 5.82 Å². The highest BCUT2D eigenvalue weighted by molar-refractivity contribution is 5.42. The number of piperidine rings is 1. The van der Waals surface area contributed by atoms with E-state index in [2.05, 4.69) is 27.1 Å². The fourth-order valence-corrected chi connectivity index (χ4v) is 3.07. The van der Waals surface area contributed by atoms with Crippen molar-refractivity contribution in [2.24, 2.45) is 0 Å². The zero-order valence-electron chi connectivity index (χ0n) is 13.5. The van der Waals surface area contributed by atoms with E-state index in [4.69, 9.17) is 0 Å². The number of hydrogen-bond acceptors (Lipinski definition) is 4. The van der Waals surface area contributed by atoms with Gasteiger partial charge in [0.2, 0.25) is 5.95 Å². The molecule has 1 fully saturated rings. The molecule has 0 amide bonds. The Hall–Kier alpha value is -2.17. The molecule has 2 heterocycles. The van der Waals surface area contributed by atoms with E-state index in [1.165, 1.54) is 31.4 Å². The standard InChI is InChI=1S/C18H23FN4/c1-2-16-5-3-4-12-23(16)18-20-11-10-17(22-18)21-13-14-6-8-15(19)9-7-14/h6-11,16H,2-5,12-13H2,1H3,(H,20,21,22). The smallest absolute Gasteiger partial charge is 0.227 e. The predicted molar refractivity (Wildman–Crippen MR) is 91.0 cm³/mol. The van der Waals surface area contributed by atoms with Crippen LogP contribution in [0.25, 0.3) is 0 Å². The van der Waals surface area contributed by atoms with Crippen LogP contribution in [0.2, 0.25) is 0 Å². The molecule has 4 nitrogen and oxygen atoms in total. The van der Waals surface area contributed by atoms with Crippen molar-refractivity contribution in [2.75, 3.05) is 16.8 Å². The molecule has 0 spiro atoms. The highest BCUT2D eigenvalue weighted by Gasteiger charge is 2.23. The third-order valence-corrected chi connectivity index (χ3v) is 4.39. The van der Waals surface area contributed by atoms with Gasteiger partial charge in [0.25, 0.3) is 0 Å². The van der Waals surface area contributed by atoms with Crippen LogP contribution >= 0.6 is 0 Å². The molecule has 3 rings (SSSR count). The van der Waals surface area contributed by atoms with Crippen LogP contribution in [-0.4, -0.2) is 22.6 Å². The van der Waals surface area contributed by atoms with Crippen molar-refractivity contribution in [3.8, 4) is 0 Å². The Morgan fingerprint density at radius 1 is 1.22 bits per heavy atom. The van der Waals surface area contributed by atoms with E-state index in [-0.39, 0.29) is 5.82 Å². The number of nitrogens with one attached hydrogen (secondary N) is 1. The topological polar surface area (TPSA) is 41.1 Å². The molecule has 1 aliphatic heterocycles. The van der Waals surface area contributed by atoms with E-state index >= 15 is 0 Å². The van der Waals surface area contributed by atoms with Gasteiger partial charge in [-0.05, 0) is 49.4 Å². The minimum absolute atomic E-state index is 0.214. The lowest BCUT2D eigenvalue weighted by Crippen LogP contribution is -2.40. The molecule has 1 aromatic carbocycles. The second kappa shape index (κ2) is 7.40. The summed E-state index contributed by atoms with van der Waals surface area (Å²) in [4.78, 5) is 11.4. The first-order chi connectivity index (χ1) is 11.3. The van der Waals surface area contributed by atoms with Crippen molar-refractivity contribution in [3.63, 3.8) is 0 Å². The molecular weight excluding hydrogens is 291 g/mol. The van der Waals surface area contributed by atoms with Crippen LogP contribution < -0.4 is 10.2 Å². The average Bonchev–Trinajstić information content (AvgIpc) is 2.61. The summed E-state index contributed by atoms with van der Waals surface area (Å²) < 4.78 is 12.9. The van der Waals surface area contributed by atoms with Gasteiger partial charge in [0.15, 0.2) is 0 Å². The Bertz CT molecular complexity index is 629. The predicted octanol–water partition coefficient (Wildman–Crippen LogP) is 4.00. The third-order valence-electron chi connectivity index (χ3n) is 4.39. The van der Waals surface area contributed by atoms with Crippen molar-refractivity contribution < 1.29 is 4.39 Å². The molecule has 122 valence electrons. The number of rotatable bonds is 5. The lowest BCUT2D eigenvalue weighted by atomic mass is 10.0. The van der Waals surface area contributed by atoms with E-state index in [0.29, 0.717) is 12.6 Å². The quantitative estimate of drug-likeness (QED) is 0.906. The number of benzene rings is 1. The first-order valence-electron chi connectivity index (χ1n) is 8.34. The maximum Gasteiger partial charge on any atom is 0.227 e. The largest absolute Gasteiger partial charge is 0.366 e. The molecule has 5 heteroatoms. The average molecular weight is 314 g/mol. The van der Waals surface area contributed by atoms with Crippen LogP contribution in [-0.2, 0) is 6.54 Å². The molecule has 1 unspecified atom stereocenters. The molecule has 1 aliphatic rings. The van der Waals surface area contributed by atoms with Gasteiger partial charge in [-0.1, -0.05) is 19.1 Å². The van der Waals surface area contributed by atoms with Crippen LogP contribution in [0.3, 0.4) is 0 Å². The maximum atomic E-state index is 12.9. The minimum atomic E-state index is -0.214. The van der Waals surface area contributed by atoms with E-state index in [9.17, 15) is 4.39 Å². The zero-order chi connectivity index (χ0) is 16.1. The van der Waals surface area contributed by atoms with Crippen molar-refractivity contribution >= 4 is 11.8 Å². The molecule has 2 aromatic rings. The van der Waals surface area contributed by atoms with Gasteiger partial charge in [-0.15, -0.1) is 0 Å². The minimum Gasteiger partial charge on any atom is -0.366 e. The molecule has 0 saturated carbocycles. The Morgan fingerprint density at radius 2 is 2.04 bits per heavy atom. The van der Waals surface area contributed by atoms with E-state index < -0.39 is 0 Å². The highest BCUT2D eigenvalue weighted by Crippen LogP contribution is 2.24. The first-order valence-corrected chi connectivity index (χ1v) is 8.34. The van der Waals surface area contributed by atoms with Gasteiger partial charge in [-0.3, -0.25) is 0 Å². The monoisotopic (exact) mass is 314 g/mol. The molecule has 23 heavy (non-hydrogen) atoms. The zero-order valence-corrected chi connectivity index (χ0v) is 13.5. The molecule has 1 N–H and O–H groups in total. The summed E-state index contributed by atoms with van der Waals surface area (Å²) in [5, 5.41) is 3.29. The van der Waals surface area contributed by atoms with E-state index in [1.807, 2.05) is 6.07 Å². The van der Waals surface area contributed by atoms with Crippen molar-refractivity contribution in [2.45, 2.75) is 45.2 Å². The van der Waals surface area contributed by atoms with Gasteiger partial charge in [-0.25, -0.2) is 9.37 Å². The van der Waals surface area contributed by atoms with Crippen LogP contribution in [0.5, 0.6) is 0 Å². The normalized spacial score (nSPS) is 18.0. The number of halogens is 1. The second-order valence-electron chi connectivity index (χ2n) is 5.97. The summed E-state index contributed by atoms with van der Waals surface area (Å²) in [7, 11) is 0. The summed E-state index contributed by atoms with van der Waals surface area (Å²) in [5.41, 5.74) is 1.02. The molecule has 0 bridgehead atoms. The van der Waals surface area contributed by atoms with Crippen LogP contribution in [0.15, 0.2) is 36.5 Å². The fraction of sp³-hybridized carbons (Fsp3) is 0.444. The molecular formula is C18H23FN4. The van der Waals surface area contributed by atoms with Crippen LogP contribution in [0.4, 0.5) is 16.2 Å². The van der Waals surface area contributed by atoms with Gasteiger partial charge in [0, 0.05) is 25.3 Å². The summed E-state index contributed by atoms with van der Waals surface area (Å²) >= 11 is 0. The summed E-state index contributed by atoms with van der Waals surface area (Å²) in [5.74, 6) is 1.40. The summed E-state index contributed by atoms with van der Waals surface area (Å²) in [6.07, 6.45) is 6.63. The molecule has 0 aliphatic carbocycles. The molecule has 1 atom stereocenters. The first kappa shape index (κ1) is 15.7. The highest BCUT2D eigenvalue weighted by atomic mass is 19.1. The molecule has 1 saturated heterocycles. The number of anilines is 2. The van der Waals surface area contributed by atoms with Gasteiger partial charge in [0.1, 0.15) is 11.6 Å². The van der Waals surface area contributed by atoms with Crippen molar-refractivity contribution in [3.05, 3.63) is 47.9 Å². The number of aromatic nitrogens is 2. The molecule has 0 radical (unpaired) electrons. The third kappa shape index (κ3) is 3.97. The van der Waals surface area contributed by atoms with Crippen LogP contribution in [0.1, 0.15) is 38.2 Å². The summed E-state index contributed by atoms with van der Waals surface area (Å²) in [6.45, 7) is 3.87. The SMILES string of the molecule is CCC1CCCCN1c1nccc(NCc2ccc(F)cc2)n1. The van der Waals surface area contributed by atoms with Gasteiger partial charge in [-0.2, -0.15) is 4.98 Å². The van der Waals surface area contributed by atoms with Gasteiger partial charge >= 0.3 is 0 Å². The Morgan fingerprint density at radius 3 is 2.83 bits per heavy atom. The Labute approximate surface area is 136 Å². The second-order valence-corrected chi connectivity index (χ2v) is 5.97. The molecule has 1 aromatic heterocycles. The lowest BCUT2D eigenvalue weighted by molar-refractivity contribution is 0.443. The number of hydrogen-bond donors (Lipinski definition) is 1. The van der Waals surface area contributed by atoms with Gasteiger partial charge < -0.3 is 10.2 Å². The van der Waals surface area contributed by atoms with E-state index in [1.54, 1.807) is 18.3 Å². The Balaban J connectivity index is 1.68. The maximum absolute atomic E-state index is 12.9. The Kier molecular flexibility index (Phi) is 5.05. The number of nitrogens with zero attached hydrogens (tertiary/aromatic N) is 3. The van der Waals surface area contributed by atoms with Crippen molar-refractivity contribution in [1.29, 1.82) is 0 Å². The summed E-state index contributed by atoms with van der Waals surface area (Å²) in [6, 6.07) is 8.92. The lowest BCUT2D eigenvalue weighted by Gasteiger charge is -2.35. The van der Waals surface area contributed by atoms with Crippen molar-refractivity contribution in [1.82, 2.24) is 9.97 Å².